The van der Waals surface area contributed by atoms with Crippen LogP contribution >= 0.6 is 0 Å². The molecule has 3 aliphatic rings. The number of rotatable bonds is 4. The van der Waals surface area contributed by atoms with E-state index in [0.29, 0.717) is 23.3 Å². The van der Waals surface area contributed by atoms with Gasteiger partial charge in [-0.1, -0.05) is 33.1 Å². The molecule has 2 saturated carbocycles. The van der Waals surface area contributed by atoms with E-state index < -0.39 is 0 Å². The highest BCUT2D eigenvalue weighted by Crippen LogP contribution is 2.54. The van der Waals surface area contributed by atoms with E-state index in [1.807, 2.05) is 0 Å². The van der Waals surface area contributed by atoms with E-state index in [1.54, 1.807) is 0 Å². The minimum absolute atomic E-state index is 0.154. The molecule has 0 radical (unpaired) electrons. The molecule has 0 aromatic heterocycles. The second-order valence-corrected chi connectivity index (χ2v) is 7.89. The van der Waals surface area contributed by atoms with Gasteiger partial charge in [0, 0.05) is 19.1 Å². The largest absolute Gasteiger partial charge is 0.352 e. The van der Waals surface area contributed by atoms with Gasteiger partial charge >= 0.3 is 0 Å². The maximum absolute atomic E-state index is 12.7. The SMILES string of the molecule is CC(C)CN1CC2(CC2)CC1C(=O)NC1CCCCC1. The van der Waals surface area contributed by atoms with Crippen molar-refractivity contribution in [1.29, 1.82) is 0 Å². The topological polar surface area (TPSA) is 32.3 Å². The maximum Gasteiger partial charge on any atom is 0.237 e. The molecule has 1 saturated heterocycles. The summed E-state index contributed by atoms with van der Waals surface area (Å²) >= 11 is 0. The van der Waals surface area contributed by atoms with Crippen molar-refractivity contribution in [2.75, 3.05) is 13.1 Å². The van der Waals surface area contributed by atoms with Crippen LogP contribution in [0.2, 0.25) is 0 Å². The Bertz CT molecular complexity index is 356. The molecule has 0 aromatic carbocycles. The quantitative estimate of drug-likeness (QED) is 0.857. The zero-order chi connectivity index (χ0) is 14.2. The summed E-state index contributed by atoms with van der Waals surface area (Å²) in [6.45, 7) is 6.75. The average Bonchev–Trinajstić information content (AvgIpc) is 3.05. The normalized spacial score (nSPS) is 30.1. The lowest BCUT2D eigenvalue weighted by Crippen LogP contribution is -2.48. The van der Waals surface area contributed by atoms with E-state index in [9.17, 15) is 4.79 Å². The zero-order valence-corrected chi connectivity index (χ0v) is 13.2. The Labute approximate surface area is 123 Å². The predicted molar refractivity (Wildman–Crippen MR) is 81.5 cm³/mol. The van der Waals surface area contributed by atoms with E-state index in [4.69, 9.17) is 0 Å². The fourth-order valence-electron chi connectivity index (χ4n) is 4.15. The molecule has 3 fully saturated rings. The van der Waals surface area contributed by atoms with E-state index in [0.717, 1.165) is 19.5 Å². The van der Waals surface area contributed by atoms with Crippen LogP contribution in [0.25, 0.3) is 0 Å². The number of hydrogen-bond acceptors (Lipinski definition) is 2. The zero-order valence-electron chi connectivity index (χ0n) is 13.2. The molecule has 20 heavy (non-hydrogen) atoms. The highest BCUT2D eigenvalue weighted by Gasteiger charge is 2.53. The fraction of sp³-hybridized carbons (Fsp3) is 0.941. The molecule has 1 atom stereocenters. The van der Waals surface area contributed by atoms with Gasteiger partial charge in [0.15, 0.2) is 0 Å². The number of hydrogen-bond donors (Lipinski definition) is 1. The molecule has 1 aliphatic heterocycles. The number of carbonyl (C=O) groups is 1. The third kappa shape index (κ3) is 3.19. The summed E-state index contributed by atoms with van der Waals surface area (Å²) in [6, 6.07) is 0.606. The molecule has 3 rings (SSSR count). The minimum Gasteiger partial charge on any atom is -0.352 e. The summed E-state index contributed by atoms with van der Waals surface area (Å²) < 4.78 is 0. The van der Waals surface area contributed by atoms with Crippen molar-refractivity contribution in [2.45, 2.75) is 77.3 Å². The molecule has 3 nitrogen and oxygen atoms in total. The van der Waals surface area contributed by atoms with Crippen LogP contribution in [0.5, 0.6) is 0 Å². The standard InChI is InChI=1S/C17H30N2O/c1-13(2)11-19-12-17(8-9-17)10-15(19)16(20)18-14-6-4-3-5-7-14/h13-15H,3-12H2,1-2H3,(H,18,20). The molecule has 2 aliphatic carbocycles. The molecule has 1 N–H and O–H groups in total. The Balaban J connectivity index is 1.59. The molecule has 1 heterocycles. The van der Waals surface area contributed by atoms with Crippen LogP contribution in [0, 0.1) is 11.3 Å². The Morgan fingerprint density at radius 3 is 2.55 bits per heavy atom. The van der Waals surface area contributed by atoms with Gasteiger partial charge in [-0.25, -0.2) is 0 Å². The van der Waals surface area contributed by atoms with Gasteiger partial charge in [-0.3, -0.25) is 9.69 Å². The van der Waals surface area contributed by atoms with Crippen molar-refractivity contribution in [3.05, 3.63) is 0 Å². The minimum atomic E-state index is 0.154. The summed E-state index contributed by atoms with van der Waals surface area (Å²) in [5.41, 5.74) is 0.517. The number of carbonyl (C=O) groups excluding carboxylic acids is 1. The Hall–Kier alpha value is -0.570. The summed E-state index contributed by atoms with van der Waals surface area (Å²) in [5.74, 6) is 0.968. The summed E-state index contributed by atoms with van der Waals surface area (Å²) in [5, 5.41) is 3.35. The third-order valence-electron chi connectivity index (χ3n) is 5.42. The van der Waals surface area contributed by atoms with Gasteiger partial charge in [0.25, 0.3) is 0 Å². The van der Waals surface area contributed by atoms with Crippen molar-refractivity contribution < 1.29 is 4.79 Å². The van der Waals surface area contributed by atoms with Crippen LogP contribution < -0.4 is 5.32 Å². The van der Waals surface area contributed by atoms with Crippen molar-refractivity contribution >= 4 is 5.91 Å². The van der Waals surface area contributed by atoms with Crippen LogP contribution in [0.4, 0.5) is 0 Å². The van der Waals surface area contributed by atoms with Gasteiger partial charge in [-0.15, -0.1) is 0 Å². The summed E-state index contributed by atoms with van der Waals surface area (Å²) in [7, 11) is 0. The number of likely N-dealkylation sites (tertiary alicyclic amines) is 1. The van der Waals surface area contributed by atoms with Gasteiger partial charge in [-0.2, -0.15) is 0 Å². The second-order valence-electron chi connectivity index (χ2n) is 7.89. The Kier molecular flexibility index (Phi) is 4.07. The van der Waals surface area contributed by atoms with Gasteiger partial charge in [0.2, 0.25) is 5.91 Å². The first kappa shape index (κ1) is 14.4. The monoisotopic (exact) mass is 278 g/mol. The number of nitrogens with one attached hydrogen (secondary N) is 1. The molecule has 114 valence electrons. The van der Waals surface area contributed by atoms with Crippen molar-refractivity contribution in [2.24, 2.45) is 11.3 Å². The smallest absolute Gasteiger partial charge is 0.237 e. The highest BCUT2D eigenvalue weighted by molar-refractivity contribution is 5.82. The third-order valence-corrected chi connectivity index (χ3v) is 5.42. The van der Waals surface area contributed by atoms with Gasteiger partial charge in [-0.05, 0) is 43.4 Å². The second kappa shape index (κ2) is 5.67. The summed E-state index contributed by atoms with van der Waals surface area (Å²) in [6.07, 6.45) is 10.1. The highest BCUT2D eigenvalue weighted by atomic mass is 16.2. The molecular formula is C17H30N2O. The summed E-state index contributed by atoms with van der Waals surface area (Å²) in [4.78, 5) is 15.1. The van der Waals surface area contributed by atoms with E-state index in [-0.39, 0.29) is 6.04 Å². The van der Waals surface area contributed by atoms with Crippen LogP contribution in [-0.4, -0.2) is 36.0 Å². The van der Waals surface area contributed by atoms with Crippen molar-refractivity contribution in [1.82, 2.24) is 10.2 Å². The maximum atomic E-state index is 12.7. The first-order chi connectivity index (χ1) is 9.58. The fourth-order valence-corrected chi connectivity index (χ4v) is 4.15. The Morgan fingerprint density at radius 1 is 1.25 bits per heavy atom. The number of nitrogens with zero attached hydrogens (tertiary/aromatic N) is 1. The molecule has 3 heteroatoms. The molecule has 1 amide bonds. The van der Waals surface area contributed by atoms with Crippen LogP contribution in [-0.2, 0) is 4.79 Å². The molecule has 1 unspecified atom stereocenters. The molecule has 1 spiro atoms. The van der Waals surface area contributed by atoms with E-state index in [2.05, 4.69) is 24.1 Å². The first-order valence-corrected chi connectivity index (χ1v) is 8.62. The van der Waals surface area contributed by atoms with E-state index in [1.165, 1.54) is 44.9 Å². The van der Waals surface area contributed by atoms with Crippen molar-refractivity contribution in [3.63, 3.8) is 0 Å². The number of amides is 1. The van der Waals surface area contributed by atoms with Gasteiger partial charge in [0.05, 0.1) is 6.04 Å². The first-order valence-electron chi connectivity index (χ1n) is 8.62. The molecule has 0 aromatic rings. The molecular weight excluding hydrogens is 248 g/mol. The lowest BCUT2D eigenvalue weighted by molar-refractivity contribution is -0.126. The molecule has 0 bridgehead atoms. The average molecular weight is 278 g/mol. The van der Waals surface area contributed by atoms with Crippen LogP contribution in [0.15, 0.2) is 0 Å². The lowest BCUT2D eigenvalue weighted by atomic mass is 9.95. The predicted octanol–water partition coefficient (Wildman–Crippen LogP) is 2.95. The van der Waals surface area contributed by atoms with Gasteiger partial charge < -0.3 is 5.32 Å². The lowest BCUT2D eigenvalue weighted by Gasteiger charge is -2.29. The van der Waals surface area contributed by atoms with E-state index >= 15 is 0 Å². The van der Waals surface area contributed by atoms with Gasteiger partial charge in [0.1, 0.15) is 0 Å². The Morgan fingerprint density at radius 2 is 1.95 bits per heavy atom. The van der Waals surface area contributed by atoms with Crippen LogP contribution in [0.1, 0.15) is 65.2 Å². The van der Waals surface area contributed by atoms with Crippen LogP contribution in [0.3, 0.4) is 0 Å². The van der Waals surface area contributed by atoms with Crippen molar-refractivity contribution in [3.8, 4) is 0 Å².